The van der Waals surface area contributed by atoms with E-state index in [9.17, 15) is 4.79 Å². The molecule has 0 bridgehead atoms. The normalized spacial score (nSPS) is 13.4. The summed E-state index contributed by atoms with van der Waals surface area (Å²) in [6, 6.07) is 18.2. The van der Waals surface area contributed by atoms with E-state index < -0.39 is 0 Å². The van der Waals surface area contributed by atoms with Gasteiger partial charge in [0, 0.05) is 21.9 Å². The fraction of sp³-hybridized carbons (Fsp3) is 0.261. The van der Waals surface area contributed by atoms with Crippen LogP contribution in [0.25, 0.3) is 10.4 Å². The lowest BCUT2D eigenvalue weighted by atomic mass is 10.1. The molecule has 144 valence electrons. The molecule has 1 aliphatic heterocycles. The molecular formula is C23H23NO3S. The molecule has 1 aromatic heterocycles. The molecule has 0 atom stereocenters. The zero-order valence-electron chi connectivity index (χ0n) is 16.1. The Morgan fingerprint density at radius 1 is 1.18 bits per heavy atom. The molecule has 2 heterocycles. The number of methoxy groups -OCH3 is 1. The summed E-state index contributed by atoms with van der Waals surface area (Å²) in [6.07, 6.45) is 0.400. The number of hydrogen-bond donors (Lipinski definition) is 0. The Morgan fingerprint density at radius 3 is 2.71 bits per heavy atom. The zero-order valence-corrected chi connectivity index (χ0v) is 16.9. The lowest BCUT2D eigenvalue weighted by Crippen LogP contribution is -2.33. The van der Waals surface area contributed by atoms with Crippen LogP contribution in [0, 0.1) is 6.92 Å². The second-order valence-corrected chi connectivity index (χ2v) is 8.19. The van der Waals surface area contributed by atoms with Gasteiger partial charge in [-0.1, -0.05) is 30.3 Å². The standard InChI is InChI=1S/C23H23NO3S/c1-16-8-9-21(28-16)18-13-19-15-24(10-11-27-23(19)20(14-18)26-2)22(25)12-17-6-4-3-5-7-17/h3-9,13-14H,10-12,15H2,1-2H3. The molecule has 0 spiro atoms. The molecule has 0 fully saturated rings. The van der Waals surface area contributed by atoms with E-state index in [1.54, 1.807) is 18.4 Å². The fourth-order valence-corrected chi connectivity index (χ4v) is 4.32. The SMILES string of the molecule is COc1cc(-c2ccc(C)s2)cc2c1OCCN(C(=O)Cc1ccccc1)C2. The molecule has 4 nitrogen and oxygen atoms in total. The molecule has 4 rings (SSSR count). The van der Waals surface area contributed by atoms with Crippen molar-refractivity contribution in [2.45, 2.75) is 19.9 Å². The first kappa shape index (κ1) is 18.6. The lowest BCUT2D eigenvalue weighted by Gasteiger charge is -2.20. The van der Waals surface area contributed by atoms with Gasteiger partial charge in [0.1, 0.15) is 6.61 Å². The maximum Gasteiger partial charge on any atom is 0.227 e. The van der Waals surface area contributed by atoms with Crippen LogP contribution in [-0.2, 0) is 17.8 Å². The minimum atomic E-state index is 0.110. The third-order valence-corrected chi connectivity index (χ3v) is 5.95. The smallest absolute Gasteiger partial charge is 0.227 e. The Morgan fingerprint density at radius 2 is 2.00 bits per heavy atom. The number of thiophene rings is 1. The second-order valence-electron chi connectivity index (χ2n) is 6.90. The van der Waals surface area contributed by atoms with Crippen molar-refractivity contribution in [3.63, 3.8) is 0 Å². The van der Waals surface area contributed by atoms with E-state index >= 15 is 0 Å². The monoisotopic (exact) mass is 393 g/mol. The van der Waals surface area contributed by atoms with Crippen LogP contribution in [0.2, 0.25) is 0 Å². The molecule has 0 saturated carbocycles. The van der Waals surface area contributed by atoms with Gasteiger partial charge in [0.15, 0.2) is 11.5 Å². The van der Waals surface area contributed by atoms with Gasteiger partial charge in [-0.2, -0.15) is 0 Å². The van der Waals surface area contributed by atoms with E-state index in [1.165, 1.54) is 9.75 Å². The number of aryl methyl sites for hydroxylation is 1. The van der Waals surface area contributed by atoms with Crippen LogP contribution in [-0.4, -0.2) is 31.1 Å². The topological polar surface area (TPSA) is 38.8 Å². The van der Waals surface area contributed by atoms with Gasteiger partial charge in [-0.25, -0.2) is 0 Å². The van der Waals surface area contributed by atoms with Crippen LogP contribution in [0.5, 0.6) is 11.5 Å². The van der Waals surface area contributed by atoms with Crippen LogP contribution in [0.4, 0.5) is 0 Å². The fourth-order valence-electron chi connectivity index (χ4n) is 3.46. The number of benzene rings is 2. The Balaban J connectivity index is 1.63. The van der Waals surface area contributed by atoms with Gasteiger partial charge < -0.3 is 14.4 Å². The van der Waals surface area contributed by atoms with E-state index in [4.69, 9.17) is 9.47 Å². The van der Waals surface area contributed by atoms with Crippen molar-refractivity contribution in [1.82, 2.24) is 4.90 Å². The molecule has 0 unspecified atom stereocenters. The Labute approximate surface area is 169 Å². The molecule has 28 heavy (non-hydrogen) atoms. The predicted molar refractivity (Wildman–Crippen MR) is 112 cm³/mol. The number of rotatable bonds is 4. The van der Waals surface area contributed by atoms with Crippen molar-refractivity contribution in [1.29, 1.82) is 0 Å². The highest BCUT2D eigenvalue weighted by Crippen LogP contribution is 2.40. The highest BCUT2D eigenvalue weighted by Gasteiger charge is 2.23. The van der Waals surface area contributed by atoms with Gasteiger partial charge in [0.2, 0.25) is 5.91 Å². The van der Waals surface area contributed by atoms with Crippen molar-refractivity contribution >= 4 is 17.2 Å². The summed E-state index contributed by atoms with van der Waals surface area (Å²) in [5, 5.41) is 0. The lowest BCUT2D eigenvalue weighted by molar-refractivity contribution is -0.131. The highest BCUT2D eigenvalue weighted by molar-refractivity contribution is 7.15. The van der Waals surface area contributed by atoms with Gasteiger partial charge in [-0.3, -0.25) is 4.79 Å². The molecule has 0 radical (unpaired) electrons. The van der Waals surface area contributed by atoms with Crippen molar-refractivity contribution in [2.24, 2.45) is 0 Å². The number of nitrogens with zero attached hydrogens (tertiary/aromatic N) is 1. The summed E-state index contributed by atoms with van der Waals surface area (Å²) in [7, 11) is 1.66. The Bertz CT molecular complexity index is 981. The maximum atomic E-state index is 12.9. The molecular weight excluding hydrogens is 370 g/mol. The van der Waals surface area contributed by atoms with E-state index in [-0.39, 0.29) is 5.91 Å². The molecule has 3 aromatic rings. The third-order valence-electron chi connectivity index (χ3n) is 4.90. The van der Waals surface area contributed by atoms with Crippen LogP contribution >= 0.6 is 11.3 Å². The average Bonchev–Trinajstić information content (AvgIpc) is 3.02. The summed E-state index contributed by atoms with van der Waals surface area (Å²) in [5.74, 6) is 1.57. The molecule has 1 amide bonds. The average molecular weight is 394 g/mol. The van der Waals surface area contributed by atoms with Crippen molar-refractivity contribution < 1.29 is 14.3 Å². The minimum absolute atomic E-state index is 0.110. The molecule has 0 saturated heterocycles. The number of fused-ring (bicyclic) bond motifs is 1. The summed E-state index contributed by atoms with van der Waals surface area (Å²) < 4.78 is 11.6. The first-order valence-electron chi connectivity index (χ1n) is 9.36. The van der Waals surface area contributed by atoms with Gasteiger partial charge in [-0.05, 0) is 42.3 Å². The summed E-state index contributed by atoms with van der Waals surface area (Å²) >= 11 is 1.75. The second kappa shape index (κ2) is 8.07. The summed E-state index contributed by atoms with van der Waals surface area (Å²) in [4.78, 5) is 17.2. The number of hydrogen-bond acceptors (Lipinski definition) is 4. The van der Waals surface area contributed by atoms with E-state index in [0.717, 1.165) is 28.2 Å². The zero-order chi connectivity index (χ0) is 19.5. The molecule has 2 aromatic carbocycles. The van der Waals surface area contributed by atoms with Crippen LogP contribution in [0.1, 0.15) is 16.0 Å². The number of amides is 1. The molecule has 5 heteroatoms. The molecule has 1 aliphatic rings. The third kappa shape index (κ3) is 3.90. The number of carbonyl (C=O) groups is 1. The quantitative estimate of drug-likeness (QED) is 0.645. The van der Waals surface area contributed by atoms with Gasteiger partial charge in [0.05, 0.1) is 20.1 Å². The van der Waals surface area contributed by atoms with Crippen LogP contribution < -0.4 is 9.47 Å². The van der Waals surface area contributed by atoms with Crippen molar-refractivity contribution in [3.8, 4) is 21.9 Å². The minimum Gasteiger partial charge on any atom is -0.493 e. The number of carbonyl (C=O) groups excluding carboxylic acids is 1. The first-order chi connectivity index (χ1) is 13.6. The summed E-state index contributed by atoms with van der Waals surface area (Å²) in [6.45, 7) is 3.65. The van der Waals surface area contributed by atoms with E-state index in [2.05, 4.69) is 25.1 Å². The van der Waals surface area contributed by atoms with E-state index in [0.29, 0.717) is 26.1 Å². The van der Waals surface area contributed by atoms with Gasteiger partial charge >= 0.3 is 0 Å². The maximum absolute atomic E-state index is 12.9. The first-order valence-corrected chi connectivity index (χ1v) is 10.2. The van der Waals surface area contributed by atoms with Gasteiger partial charge in [0.25, 0.3) is 0 Å². The Kier molecular flexibility index (Phi) is 5.35. The summed E-state index contributed by atoms with van der Waals surface area (Å²) in [5.41, 5.74) is 3.10. The molecule has 0 aliphatic carbocycles. The predicted octanol–water partition coefficient (Wildman–Crippen LogP) is 4.70. The van der Waals surface area contributed by atoms with Crippen molar-refractivity contribution in [3.05, 3.63) is 70.6 Å². The van der Waals surface area contributed by atoms with E-state index in [1.807, 2.05) is 41.3 Å². The van der Waals surface area contributed by atoms with Crippen molar-refractivity contribution in [2.75, 3.05) is 20.3 Å². The van der Waals surface area contributed by atoms with Gasteiger partial charge in [-0.15, -0.1) is 11.3 Å². The highest BCUT2D eigenvalue weighted by atomic mass is 32.1. The Hall–Kier alpha value is -2.79. The number of ether oxygens (including phenoxy) is 2. The molecule has 0 N–H and O–H groups in total. The van der Waals surface area contributed by atoms with Crippen LogP contribution in [0.3, 0.4) is 0 Å². The van der Waals surface area contributed by atoms with Crippen LogP contribution in [0.15, 0.2) is 54.6 Å². The largest absolute Gasteiger partial charge is 0.493 e.